The van der Waals surface area contributed by atoms with Gasteiger partial charge in [0.05, 0.1) is 17.7 Å². The van der Waals surface area contributed by atoms with E-state index >= 15 is 0 Å². The summed E-state index contributed by atoms with van der Waals surface area (Å²) in [5, 5.41) is 21.0. The third kappa shape index (κ3) is 2.74. The standard InChI is InChI=1S/C6H8BF3N2O2/c1-12-5(7(13)14)2-4(11-12)3-6(8,9)10/h2,13-14H,3H2,1H3. The zero-order chi connectivity index (χ0) is 10.9. The highest BCUT2D eigenvalue weighted by Crippen LogP contribution is 2.19. The second-order valence-corrected chi connectivity index (χ2v) is 2.85. The van der Waals surface area contributed by atoms with Crippen LogP contribution in [-0.4, -0.2) is 33.1 Å². The van der Waals surface area contributed by atoms with Gasteiger partial charge in [0, 0.05) is 7.05 Å². The summed E-state index contributed by atoms with van der Waals surface area (Å²) in [6, 6.07) is 1.01. The minimum Gasteiger partial charge on any atom is -0.422 e. The molecule has 1 aromatic heterocycles. The summed E-state index contributed by atoms with van der Waals surface area (Å²) in [5.74, 6) is 0. The molecule has 0 amide bonds. The van der Waals surface area contributed by atoms with Gasteiger partial charge in [-0.25, -0.2) is 0 Å². The van der Waals surface area contributed by atoms with Crippen molar-refractivity contribution in [2.75, 3.05) is 0 Å². The van der Waals surface area contributed by atoms with Gasteiger partial charge in [-0.3, -0.25) is 4.68 Å². The topological polar surface area (TPSA) is 58.3 Å². The van der Waals surface area contributed by atoms with Gasteiger partial charge in [0.25, 0.3) is 0 Å². The number of rotatable bonds is 2. The molecule has 0 unspecified atom stereocenters. The SMILES string of the molecule is Cn1nc(CC(F)(F)F)cc1B(O)O. The molecule has 0 aliphatic carbocycles. The second-order valence-electron chi connectivity index (χ2n) is 2.85. The van der Waals surface area contributed by atoms with Gasteiger partial charge in [0.1, 0.15) is 0 Å². The average molecular weight is 208 g/mol. The fraction of sp³-hybridized carbons (Fsp3) is 0.500. The van der Waals surface area contributed by atoms with Crippen LogP contribution in [0.2, 0.25) is 0 Å². The highest BCUT2D eigenvalue weighted by atomic mass is 19.4. The number of aromatic nitrogens is 2. The van der Waals surface area contributed by atoms with Crippen molar-refractivity contribution in [2.45, 2.75) is 12.6 Å². The lowest BCUT2D eigenvalue weighted by Gasteiger charge is -2.01. The Kier molecular flexibility index (Phi) is 2.86. The largest absolute Gasteiger partial charge is 0.507 e. The van der Waals surface area contributed by atoms with E-state index in [0.29, 0.717) is 0 Å². The summed E-state index contributed by atoms with van der Waals surface area (Å²) < 4.78 is 36.7. The van der Waals surface area contributed by atoms with Crippen LogP contribution >= 0.6 is 0 Å². The summed E-state index contributed by atoms with van der Waals surface area (Å²) in [6.45, 7) is 0. The predicted octanol–water partition coefficient (Wildman–Crippen LogP) is -0.795. The summed E-state index contributed by atoms with van der Waals surface area (Å²) in [7, 11) is -0.469. The number of halogens is 3. The third-order valence-corrected chi connectivity index (χ3v) is 1.61. The van der Waals surface area contributed by atoms with Crippen LogP contribution in [0.25, 0.3) is 0 Å². The average Bonchev–Trinajstić information content (AvgIpc) is 2.26. The lowest BCUT2D eigenvalue weighted by Crippen LogP contribution is -2.35. The molecule has 0 bridgehead atoms. The lowest BCUT2D eigenvalue weighted by atomic mass is 9.86. The molecule has 0 atom stereocenters. The first-order valence-electron chi connectivity index (χ1n) is 3.75. The molecule has 1 rings (SSSR count). The fourth-order valence-electron chi connectivity index (χ4n) is 1.08. The first kappa shape index (κ1) is 11.1. The normalized spacial score (nSPS) is 11.9. The molecule has 78 valence electrons. The van der Waals surface area contributed by atoms with Gasteiger partial charge in [0.2, 0.25) is 0 Å². The van der Waals surface area contributed by atoms with Crippen LogP contribution in [0.15, 0.2) is 6.07 Å². The van der Waals surface area contributed by atoms with Crippen molar-refractivity contribution in [1.29, 1.82) is 0 Å². The molecule has 0 aromatic carbocycles. The second kappa shape index (κ2) is 3.62. The Bertz CT molecular complexity index is 323. The Hall–Kier alpha value is -1.02. The highest BCUT2D eigenvalue weighted by molar-refractivity contribution is 6.57. The maximum absolute atomic E-state index is 11.9. The smallest absolute Gasteiger partial charge is 0.422 e. The monoisotopic (exact) mass is 208 g/mol. The van der Waals surface area contributed by atoms with Crippen molar-refractivity contribution in [3.63, 3.8) is 0 Å². The molecule has 1 heterocycles. The first-order chi connectivity index (χ1) is 6.29. The van der Waals surface area contributed by atoms with Gasteiger partial charge in [-0.1, -0.05) is 0 Å². The van der Waals surface area contributed by atoms with Crippen LogP contribution in [0.1, 0.15) is 5.69 Å². The number of hydrogen-bond acceptors (Lipinski definition) is 3. The Balaban J connectivity index is 2.86. The number of nitrogens with zero attached hydrogens (tertiary/aromatic N) is 2. The van der Waals surface area contributed by atoms with Crippen LogP contribution < -0.4 is 5.59 Å². The summed E-state index contributed by atoms with van der Waals surface area (Å²) in [4.78, 5) is 0. The zero-order valence-electron chi connectivity index (χ0n) is 7.28. The molecular formula is C6H8BF3N2O2. The van der Waals surface area contributed by atoms with E-state index in [0.717, 1.165) is 10.7 Å². The molecule has 1 aromatic rings. The number of alkyl halides is 3. The van der Waals surface area contributed by atoms with Gasteiger partial charge in [-0.2, -0.15) is 18.3 Å². The Labute approximate surface area is 78.1 Å². The van der Waals surface area contributed by atoms with Crippen LogP contribution in [0.3, 0.4) is 0 Å². The first-order valence-corrected chi connectivity index (χ1v) is 3.75. The fourth-order valence-corrected chi connectivity index (χ4v) is 1.08. The maximum atomic E-state index is 11.9. The maximum Gasteiger partial charge on any atom is 0.507 e. The van der Waals surface area contributed by atoms with Gasteiger partial charge in [0.15, 0.2) is 0 Å². The van der Waals surface area contributed by atoms with E-state index in [1.807, 2.05) is 0 Å². The van der Waals surface area contributed by atoms with Crippen LogP contribution in [0, 0.1) is 0 Å². The molecule has 4 nitrogen and oxygen atoms in total. The van der Waals surface area contributed by atoms with Gasteiger partial charge in [-0.05, 0) is 6.07 Å². The predicted molar refractivity (Wildman–Crippen MR) is 42.8 cm³/mol. The molecule has 0 radical (unpaired) electrons. The molecule has 0 saturated carbocycles. The molecule has 14 heavy (non-hydrogen) atoms. The molecule has 0 spiro atoms. The van der Waals surface area contributed by atoms with E-state index in [-0.39, 0.29) is 11.3 Å². The Morgan fingerprint density at radius 1 is 1.50 bits per heavy atom. The van der Waals surface area contributed by atoms with Crippen LogP contribution in [0.4, 0.5) is 13.2 Å². The minimum atomic E-state index is -4.34. The van der Waals surface area contributed by atoms with Crippen LogP contribution in [0.5, 0.6) is 0 Å². The lowest BCUT2D eigenvalue weighted by molar-refractivity contribution is -0.127. The number of aryl methyl sites for hydroxylation is 1. The van der Waals surface area contributed by atoms with Crippen molar-refractivity contribution in [3.8, 4) is 0 Å². The van der Waals surface area contributed by atoms with Crippen molar-refractivity contribution >= 4 is 12.7 Å². The molecular weight excluding hydrogens is 200 g/mol. The number of hydrogen-bond donors (Lipinski definition) is 2. The van der Waals surface area contributed by atoms with Crippen molar-refractivity contribution in [2.24, 2.45) is 7.05 Å². The third-order valence-electron chi connectivity index (χ3n) is 1.61. The molecule has 2 N–H and O–H groups in total. The molecule has 0 saturated heterocycles. The molecule has 0 aliphatic heterocycles. The molecule has 8 heteroatoms. The van der Waals surface area contributed by atoms with Crippen LogP contribution in [-0.2, 0) is 13.5 Å². The van der Waals surface area contributed by atoms with E-state index in [1.165, 1.54) is 7.05 Å². The minimum absolute atomic E-state index is 0.0655. The molecule has 0 aliphatic rings. The summed E-state index contributed by atoms with van der Waals surface area (Å²) in [6.07, 6.45) is -5.51. The van der Waals surface area contributed by atoms with Gasteiger partial charge >= 0.3 is 13.3 Å². The molecule has 0 fully saturated rings. The van der Waals surface area contributed by atoms with Crippen molar-refractivity contribution < 1.29 is 23.2 Å². The summed E-state index contributed by atoms with van der Waals surface area (Å²) in [5.41, 5.74) is -0.299. The van der Waals surface area contributed by atoms with Crippen molar-refractivity contribution in [1.82, 2.24) is 9.78 Å². The van der Waals surface area contributed by atoms with E-state index in [4.69, 9.17) is 10.0 Å². The van der Waals surface area contributed by atoms with Gasteiger partial charge < -0.3 is 10.0 Å². The van der Waals surface area contributed by atoms with E-state index < -0.39 is 19.7 Å². The van der Waals surface area contributed by atoms with E-state index in [9.17, 15) is 13.2 Å². The van der Waals surface area contributed by atoms with Crippen molar-refractivity contribution in [3.05, 3.63) is 11.8 Å². The Morgan fingerprint density at radius 2 is 2.07 bits per heavy atom. The quantitative estimate of drug-likeness (QED) is 0.625. The van der Waals surface area contributed by atoms with E-state index in [2.05, 4.69) is 5.10 Å². The van der Waals surface area contributed by atoms with Gasteiger partial charge in [-0.15, -0.1) is 0 Å². The highest BCUT2D eigenvalue weighted by Gasteiger charge is 2.30. The Morgan fingerprint density at radius 3 is 2.43 bits per heavy atom. The van der Waals surface area contributed by atoms with E-state index in [1.54, 1.807) is 0 Å². The zero-order valence-corrected chi connectivity index (χ0v) is 7.28. The summed E-state index contributed by atoms with van der Waals surface area (Å²) >= 11 is 0.